The Morgan fingerprint density at radius 2 is 1.04 bits per heavy atom. The number of nitrogens with two attached hydrogens (primary N) is 1. The van der Waals surface area contributed by atoms with Crippen molar-refractivity contribution in [2.75, 3.05) is 5.73 Å². The van der Waals surface area contributed by atoms with Gasteiger partial charge in [0.05, 0.1) is 5.56 Å². The first-order chi connectivity index (χ1) is 11.7. The molecule has 156 valence electrons. The summed E-state index contributed by atoms with van der Waals surface area (Å²) in [6.07, 6.45) is -7.44. The normalized spacial score (nSPS) is 15.2. The first-order valence-electron chi connectivity index (χ1n) is 6.17. The Labute approximate surface area is 154 Å². The highest BCUT2D eigenvalue weighted by Gasteiger charge is 2.91. The van der Waals surface area contributed by atoms with Gasteiger partial charge in [-0.2, -0.15) is 57.1 Å². The van der Waals surface area contributed by atoms with Gasteiger partial charge in [-0.1, -0.05) is 0 Å². The predicted octanol–water partition coefficient (Wildman–Crippen LogP) is 6.07. The lowest BCUT2D eigenvalue weighted by atomic mass is 9.90. The Kier molecular flexibility index (Phi) is 5.69. The molecule has 0 radical (unpaired) electrons. The van der Waals surface area contributed by atoms with E-state index in [9.17, 15) is 57.1 Å². The Morgan fingerprint density at radius 3 is 1.44 bits per heavy atom. The number of halogens is 14. The van der Waals surface area contributed by atoms with Crippen LogP contribution in [0.4, 0.5) is 62.8 Å². The Morgan fingerprint density at radius 1 is 0.630 bits per heavy atom. The number of nitrogen functional groups attached to an aromatic ring is 1. The molecule has 2 N–H and O–H groups in total. The summed E-state index contributed by atoms with van der Waals surface area (Å²) in [6.45, 7) is 0. The summed E-state index contributed by atoms with van der Waals surface area (Å²) in [6, 6.07) is 1.46. The van der Waals surface area contributed by atoms with E-state index in [2.05, 4.69) is 0 Å². The Hall–Kier alpha value is -1.16. The van der Waals surface area contributed by atoms with Crippen molar-refractivity contribution in [3.63, 3.8) is 0 Å². The lowest BCUT2D eigenvalue weighted by molar-refractivity contribution is -0.441. The molecule has 0 atom stereocenters. The minimum Gasteiger partial charge on any atom is -0.398 e. The third-order valence-electron chi connectivity index (χ3n) is 3.29. The summed E-state index contributed by atoms with van der Waals surface area (Å²) in [5.41, 5.74) is 1.42. The maximum absolute atomic E-state index is 13.9. The summed E-state index contributed by atoms with van der Waals surface area (Å²) in [5, 5.41) is 0. The quantitative estimate of drug-likeness (QED) is 0.276. The number of hydrogen-bond acceptors (Lipinski definition) is 1. The number of rotatable bonds is 5. The zero-order valence-corrected chi connectivity index (χ0v) is 14.3. The van der Waals surface area contributed by atoms with Gasteiger partial charge in [0.25, 0.3) is 0 Å². The summed E-state index contributed by atoms with van der Waals surface area (Å²) in [4.78, 5) is 0. The maximum atomic E-state index is 13.9. The molecule has 1 aromatic rings. The minimum absolute atomic E-state index is 0.0555. The van der Waals surface area contributed by atoms with E-state index in [1.54, 1.807) is 0 Å². The Bertz CT molecular complexity index is 710. The average molecular weight is 537 g/mol. The second kappa shape index (κ2) is 6.43. The van der Waals surface area contributed by atoms with Crippen LogP contribution in [0.15, 0.2) is 18.2 Å². The molecule has 0 saturated heterocycles. The first kappa shape index (κ1) is 23.9. The number of alkyl halides is 13. The van der Waals surface area contributed by atoms with Crippen LogP contribution in [0.5, 0.6) is 0 Å². The van der Waals surface area contributed by atoms with Crippen LogP contribution in [0.2, 0.25) is 0 Å². The molecule has 0 unspecified atom stereocenters. The van der Waals surface area contributed by atoms with Gasteiger partial charge in [-0.25, -0.2) is 0 Å². The second-order valence-corrected chi connectivity index (χ2v) is 6.35. The zero-order chi connectivity index (χ0) is 21.9. The van der Waals surface area contributed by atoms with E-state index in [1.807, 2.05) is 0 Å². The van der Waals surface area contributed by atoms with Crippen molar-refractivity contribution >= 4 is 28.3 Å². The van der Waals surface area contributed by atoms with Crippen molar-refractivity contribution in [1.29, 1.82) is 0 Å². The third-order valence-corrected chi connectivity index (χ3v) is 3.96. The molecule has 0 aliphatic heterocycles. The highest BCUT2D eigenvalue weighted by molar-refractivity contribution is 14.1. The van der Waals surface area contributed by atoms with Gasteiger partial charge in [-0.05, 0) is 40.8 Å². The molecule has 0 saturated carbocycles. The highest BCUT2D eigenvalue weighted by Crippen LogP contribution is 2.62. The van der Waals surface area contributed by atoms with Crippen molar-refractivity contribution in [1.82, 2.24) is 0 Å². The van der Waals surface area contributed by atoms with Gasteiger partial charge >= 0.3 is 35.8 Å². The van der Waals surface area contributed by atoms with E-state index >= 15 is 0 Å². The van der Waals surface area contributed by atoms with E-state index in [1.165, 1.54) is 22.6 Å². The van der Waals surface area contributed by atoms with Crippen LogP contribution in [0.1, 0.15) is 5.56 Å². The SMILES string of the molecule is Nc1ccc(I)cc1C(F)(F)C(F)(F)C(F)(F)C(F)(F)C(F)(F)C(F)(F)F. The van der Waals surface area contributed by atoms with Gasteiger partial charge in [0.1, 0.15) is 0 Å². The Balaban J connectivity index is 3.66. The fraction of sp³-hybridized carbons (Fsp3) is 0.500. The van der Waals surface area contributed by atoms with Gasteiger partial charge in [-0.15, -0.1) is 0 Å². The third kappa shape index (κ3) is 3.28. The maximum Gasteiger partial charge on any atom is 0.460 e. The van der Waals surface area contributed by atoms with Crippen molar-refractivity contribution in [3.05, 3.63) is 27.3 Å². The van der Waals surface area contributed by atoms with Gasteiger partial charge in [0.2, 0.25) is 0 Å². The van der Waals surface area contributed by atoms with Crippen LogP contribution in [-0.4, -0.2) is 29.9 Å². The van der Waals surface area contributed by atoms with E-state index in [0.29, 0.717) is 6.07 Å². The largest absolute Gasteiger partial charge is 0.460 e. The average Bonchev–Trinajstić information content (AvgIpc) is 2.47. The van der Waals surface area contributed by atoms with Crippen LogP contribution in [0, 0.1) is 3.57 Å². The molecule has 27 heavy (non-hydrogen) atoms. The summed E-state index contributed by atoms with van der Waals surface area (Å²) >= 11 is 1.21. The molecule has 0 aliphatic rings. The molecule has 0 aliphatic carbocycles. The molecule has 0 heterocycles. The first-order valence-corrected chi connectivity index (χ1v) is 7.25. The van der Waals surface area contributed by atoms with Crippen molar-refractivity contribution in [2.24, 2.45) is 0 Å². The van der Waals surface area contributed by atoms with Crippen molar-refractivity contribution in [2.45, 2.75) is 35.8 Å². The molecule has 1 aromatic carbocycles. The predicted molar refractivity (Wildman–Crippen MR) is 73.3 cm³/mol. The fourth-order valence-electron chi connectivity index (χ4n) is 1.74. The summed E-state index contributed by atoms with van der Waals surface area (Å²) < 4.78 is 169. The zero-order valence-electron chi connectivity index (χ0n) is 12.1. The van der Waals surface area contributed by atoms with Gasteiger partial charge in [0, 0.05) is 9.26 Å². The monoisotopic (exact) mass is 537 g/mol. The molecule has 0 fully saturated rings. The molecule has 1 rings (SSSR count). The minimum atomic E-state index is -7.93. The number of anilines is 1. The summed E-state index contributed by atoms with van der Waals surface area (Å²) in [7, 11) is 0. The van der Waals surface area contributed by atoms with Crippen LogP contribution in [-0.2, 0) is 5.92 Å². The van der Waals surface area contributed by atoms with Gasteiger partial charge < -0.3 is 5.73 Å². The van der Waals surface area contributed by atoms with Crippen molar-refractivity contribution < 1.29 is 57.1 Å². The second-order valence-electron chi connectivity index (χ2n) is 5.10. The fourth-order valence-corrected chi connectivity index (χ4v) is 2.23. The lowest BCUT2D eigenvalue weighted by Gasteiger charge is -2.40. The van der Waals surface area contributed by atoms with E-state index in [0.717, 1.165) is 6.07 Å². The van der Waals surface area contributed by atoms with Crippen LogP contribution in [0.3, 0.4) is 0 Å². The molecular weight excluding hydrogens is 532 g/mol. The smallest absolute Gasteiger partial charge is 0.398 e. The van der Waals surface area contributed by atoms with E-state index in [-0.39, 0.29) is 9.64 Å². The van der Waals surface area contributed by atoms with Gasteiger partial charge in [-0.3, -0.25) is 0 Å². The topological polar surface area (TPSA) is 26.0 Å². The molecular formula is C12H5F13IN. The summed E-state index contributed by atoms with van der Waals surface area (Å²) in [5.74, 6) is -37.2. The molecule has 1 nitrogen and oxygen atoms in total. The van der Waals surface area contributed by atoms with Crippen LogP contribution < -0.4 is 5.73 Å². The molecule has 0 spiro atoms. The van der Waals surface area contributed by atoms with Gasteiger partial charge in [0.15, 0.2) is 0 Å². The highest BCUT2D eigenvalue weighted by atomic mass is 127. The van der Waals surface area contributed by atoms with Crippen LogP contribution in [0.25, 0.3) is 0 Å². The standard InChI is InChI=1S/C12H5F13IN/c13-7(14,5-3-4(26)1-2-6(5)27)8(15,16)9(17,18)10(19,20)11(21,22)12(23,24)25/h1-3H,27H2. The van der Waals surface area contributed by atoms with Crippen LogP contribution >= 0.6 is 22.6 Å². The number of hydrogen-bond donors (Lipinski definition) is 1. The van der Waals surface area contributed by atoms with E-state index < -0.39 is 47.0 Å². The molecule has 0 aromatic heterocycles. The van der Waals surface area contributed by atoms with E-state index in [4.69, 9.17) is 5.73 Å². The number of benzene rings is 1. The molecule has 0 amide bonds. The van der Waals surface area contributed by atoms with Crippen molar-refractivity contribution in [3.8, 4) is 0 Å². The molecule has 15 heteroatoms. The molecule has 0 bridgehead atoms. The lowest BCUT2D eigenvalue weighted by Crippen LogP contribution is -2.69.